The van der Waals surface area contributed by atoms with E-state index in [-0.39, 0.29) is 6.42 Å². The SMILES string of the molecule is CC(C)(O)c1cc(-c2ccc(C3=NO[C@@H](C[C@](C)(C(=O)OO)S(C)(=O)=O)C3)cc2)ccn1. The van der Waals surface area contributed by atoms with Crippen LogP contribution < -0.4 is 0 Å². The number of aliphatic hydroxyl groups is 1. The first kappa shape index (κ1) is 23.8. The lowest BCUT2D eigenvalue weighted by molar-refractivity contribution is -0.237. The molecule has 10 heteroatoms. The zero-order valence-electron chi connectivity index (χ0n) is 18.3. The Kier molecular flexibility index (Phi) is 6.41. The van der Waals surface area contributed by atoms with Gasteiger partial charge in [-0.1, -0.05) is 29.4 Å². The maximum absolute atomic E-state index is 12.1. The Morgan fingerprint density at radius 2 is 1.78 bits per heavy atom. The van der Waals surface area contributed by atoms with Crippen molar-refractivity contribution in [3.63, 3.8) is 0 Å². The fraction of sp³-hybridized carbons (Fsp3) is 0.409. The molecule has 1 aliphatic heterocycles. The highest BCUT2D eigenvalue weighted by Crippen LogP contribution is 2.31. The second-order valence-electron chi connectivity index (χ2n) is 8.62. The number of nitrogens with zero attached hydrogens (tertiary/aromatic N) is 2. The Balaban J connectivity index is 1.74. The van der Waals surface area contributed by atoms with Crippen LogP contribution in [0.4, 0.5) is 0 Å². The average Bonchev–Trinajstić information content (AvgIpc) is 3.20. The Morgan fingerprint density at radius 3 is 2.34 bits per heavy atom. The summed E-state index contributed by atoms with van der Waals surface area (Å²) in [5.74, 6) is -1.26. The Morgan fingerprint density at radius 1 is 1.16 bits per heavy atom. The van der Waals surface area contributed by atoms with E-state index in [1.165, 1.54) is 6.92 Å². The molecule has 2 N–H and O–H groups in total. The van der Waals surface area contributed by atoms with Gasteiger partial charge in [0.1, 0.15) is 11.7 Å². The van der Waals surface area contributed by atoms with Gasteiger partial charge >= 0.3 is 5.97 Å². The summed E-state index contributed by atoms with van der Waals surface area (Å²) >= 11 is 0. The maximum atomic E-state index is 12.1. The lowest BCUT2D eigenvalue weighted by Gasteiger charge is -2.25. The van der Waals surface area contributed by atoms with Crippen molar-refractivity contribution in [3.8, 4) is 11.1 Å². The zero-order chi connectivity index (χ0) is 23.7. The van der Waals surface area contributed by atoms with E-state index < -0.39 is 32.3 Å². The van der Waals surface area contributed by atoms with Gasteiger partial charge < -0.3 is 9.94 Å². The minimum atomic E-state index is -3.88. The molecule has 2 atom stereocenters. The van der Waals surface area contributed by atoms with Crippen LogP contribution >= 0.6 is 0 Å². The van der Waals surface area contributed by atoms with Crippen molar-refractivity contribution in [2.24, 2.45) is 5.16 Å². The highest BCUT2D eigenvalue weighted by Gasteiger charge is 2.48. The van der Waals surface area contributed by atoms with Crippen molar-refractivity contribution in [1.82, 2.24) is 4.98 Å². The van der Waals surface area contributed by atoms with Crippen LogP contribution in [0.5, 0.6) is 0 Å². The molecule has 2 aromatic rings. The summed E-state index contributed by atoms with van der Waals surface area (Å²) in [6, 6.07) is 11.2. The molecule has 172 valence electrons. The molecule has 32 heavy (non-hydrogen) atoms. The van der Waals surface area contributed by atoms with Gasteiger partial charge in [0.05, 0.1) is 11.4 Å². The molecule has 0 fully saturated rings. The molecule has 0 amide bonds. The van der Waals surface area contributed by atoms with Crippen molar-refractivity contribution in [2.75, 3.05) is 6.26 Å². The van der Waals surface area contributed by atoms with Gasteiger partial charge in [-0.3, -0.25) is 9.87 Å². The van der Waals surface area contributed by atoms with Gasteiger partial charge in [-0.15, -0.1) is 0 Å². The second kappa shape index (κ2) is 8.61. The van der Waals surface area contributed by atoms with Crippen LogP contribution in [-0.2, 0) is 30.0 Å². The lowest BCUT2D eigenvalue weighted by atomic mass is 9.95. The molecule has 1 aromatic carbocycles. The van der Waals surface area contributed by atoms with Gasteiger partial charge in [0.15, 0.2) is 14.6 Å². The molecule has 3 rings (SSSR count). The summed E-state index contributed by atoms with van der Waals surface area (Å²) in [4.78, 5) is 25.2. The highest BCUT2D eigenvalue weighted by molar-refractivity contribution is 7.92. The third kappa shape index (κ3) is 4.82. The lowest BCUT2D eigenvalue weighted by Crippen LogP contribution is -2.46. The van der Waals surface area contributed by atoms with E-state index >= 15 is 0 Å². The van der Waals surface area contributed by atoms with Gasteiger partial charge in [-0.25, -0.2) is 13.2 Å². The first-order valence-corrected chi connectivity index (χ1v) is 11.8. The number of sulfone groups is 1. The van der Waals surface area contributed by atoms with Crippen molar-refractivity contribution in [1.29, 1.82) is 0 Å². The normalized spacial score (nSPS) is 18.4. The summed E-state index contributed by atoms with van der Waals surface area (Å²) in [6.07, 6.45) is 1.96. The van der Waals surface area contributed by atoms with Gasteiger partial charge in [-0.05, 0) is 49.6 Å². The molecule has 2 heterocycles. The van der Waals surface area contributed by atoms with E-state index in [2.05, 4.69) is 15.0 Å². The molecule has 0 aliphatic carbocycles. The molecule has 0 unspecified atom stereocenters. The molecule has 0 bridgehead atoms. The van der Waals surface area contributed by atoms with Gasteiger partial charge in [0.2, 0.25) is 0 Å². The molecule has 0 spiro atoms. The van der Waals surface area contributed by atoms with Crippen LogP contribution in [0.15, 0.2) is 47.8 Å². The number of hydrogen-bond acceptors (Lipinski definition) is 9. The quantitative estimate of drug-likeness (QED) is 0.474. The predicted octanol–water partition coefficient (Wildman–Crippen LogP) is 2.68. The van der Waals surface area contributed by atoms with E-state index in [1.807, 2.05) is 36.4 Å². The molecule has 0 saturated heterocycles. The van der Waals surface area contributed by atoms with Gasteiger partial charge in [-0.2, -0.15) is 5.26 Å². The summed E-state index contributed by atoms with van der Waals surface area (Å²) in [5.41, 5.74) is 2.74. The van der Waals surface area contributed by atoms with Crippen LogP contribution in [0.25, 0.3) is 11.1 Å². The number of oxime groups is 1. The van der Waals surface area contributed by atoms with Gasteiger partial charge in [0.25, 0.3) is 0 Å². The first-order chi connectivity index (χ1) is 14.8. The van der Waals surface area contributed by atoms with Crippen molar-refractivity contribution in [3.05, 3.63) is 53.9 Å². The number of rotatable bonds is 7. The molecular weight excluding hydrogens is 436 g/mol. The van der Waals surface area contributed by atoms with Crippen molar-refractivity contribution >= 4 is 21.5 Å². The average molecular weight is 463 g/mol. The topological polar surface area (TPSA) is 135 Å². The number of pyridine rings is 1. The van der Waals surface area contributed by atoms with Crippen molar-refractivity contribution < 1.29 is 33.3 Å². The summed E-state index contributed by atoms with van der Waals surface area (Å²) in [6.45, 7) is 4.53. The first-order valence-electron chi connectivity index (χ1n) is 9.93. The van der Waals surface area contributed by atoms with Crippen molar-refractivity contribution in [2.45, 2.75) is 50.1 Å². The maximum Gasteiger partial charge on any atom is 0.362 e. The molecule has 1 aliphatic rings. The number of hydrogen-bond donors (Lipinski definition) is 2. The summed E-state index contributed by atoms with van der Waals surface area (Å²) in [7, 11) is -3.88. The number of carbonyl (C=O) groups excluding carboxylic acids is 1. The minimum Gasteiger partial charge on any atom is -0.392 e. The summed E-state index contributed by atoms with van der Waals surface area (Å²) in [5, 5.41) is 23.0. The van der Waals surface area contributed by atoms with Crippen LogP contribution in [0, 0.1) is 0 Å². The fourth-order valence-corrected chi connectivity index (χ4v) is 4.25. The molecular formula is C22H26N2O7S. The largest absolute Gasteiger partial charge is 0.392 e. The van der Waals surface area contributed by atoms with E-state index in [1.54, 1.807) is 20.0 Å². The minimum absolute atomic E-state index is 0.215. The van der Waals surface area contributed by atoms with Gasteiger partial charge in [0, 0.05) is 25.3 Å². The zero-order valence-corrected chi connectivity index (χ0v) is 19.1. The third-order valence-corrected chi connectivity index (χ3v) is 7.59. The fourth-order valence-electron chi connectivity index (χ4n) is 3.43. The molecule has 0 saturated carbocycles. The summed E-state index contributed by atoms with van der Waals surface area (Å²) < 4.78 is 22.3. The van der Waals surface area contributed by atoms with E-state index in [0.29, 0.717) is 17.8 Å². The number of carbonyl (C=O) groups is 1. The Labute approximate surface area is 186 Å². The van der Waals surface area contributed by atoms with Crippen LogP contribution in [0.2, 0.25) is 0 Å². The van der Waals surface area contributed by atoms with E-state index in [9.17, 15) is 18.3 Å². The number of benzene rings is 1. The Hall–Kier alpha value is -2.82. The molecule has 0 radical (unpaired) electrons. The van der Waals surface area contributed by atoms with E-state index in [0.717, 1.165) is 22.9 Å². The van der Waals surface area contributed by atoms with Crippen LogP contribution in [-0.4, -0.2) is 52.6 Å². The predicted molar refractivity (Wildman–Crippen MR) is 118 cm³/mol. The van der Waals surface area contributed by atoms with Crippen LogP contribution in [0.1, 0.15) is 44.9 Å². The second-order valence-corrected chi connectivity index (χ2v) is 11.1. The Bertz CT molecular complexity index is 1140. The third-order valence-electron chi connectivity index (χ3n) is 5.62. The highest BCUT2D eigenvalue weighted by atomic mass is 32.2. The number of aromatic nitrogens is 1. The van der Waals surface area contributed by atoms with E-state index in [4.69, 9.17) is 10.1 Å². The molecule has 9 nitrogen and oxygen atoms in total. The molecule has 1 aromatic heterocycles. The monoisotopic (exact) mass is 462 g/mol. The standard InChI is InChI=1S/C22H26N2O7S/c1-21(2,26)19-11-16(9-10-23-19)14-5-7-15(8-6-14)18-12-17(30-24-18)13-22(3,20(25)31-27)32(4,28)29/h5-11,17,26-27H,12-13H2,1-4H3/t17-,22-/m1/s1. The van der Waals surface area contributed by atoms with Crippen LogP contribution in [0.3, 0.4) is 0 Å². The smallest absolute Gasteiger partial charge is 0.362 e.